The van der Waals surface area contributed by atoms with Crippen molar-refractivity contribution in [3.8, 4) is 5.75 Å². The number of hydrogen-bond acceptors (Lipinski definition) is 2. The minimum Gasteiger partial charge on any atom is -0.489 e. The summed E-state index contributed by atoms with van der Waals surface area (Å²) in [5, 5.41) is 8.58. The second kappa shape index (κ2) is 6.52. The van der Waals surface area contributed by atoms with Gasteiger partial charge in [-0.15, -0.1) is 0 Å². The van der Waals surface area contributed by atoms with Gasteiger partial charge in [0.25, 0.3) is 0 Å². The fourth-order valence-electron chi connectivity index (χ4n) is 1.65. The summed E-state index contributed by atoms with van der Waals surface area (Å²) in [6, 6.07) is 13.1. The zero-order valence-corrected chi connectivity index (χ0v) is 10.6. The molecule has 0 saturated carbocycles. The van der Waals surface area contributed by atoms with E-state index in [1.165, 1.54) is 18.2 Å². The molecule has 2 aromatic rings. The lowest BCUT2D eigenvalue weighted by atomic mass is 10.1. The van der Waals surface area contributed by atoms with E-state index in [4.69, 9.17) is 9.84 Å². The molecule has 0 bridgehead atoms. The second-order valence-corrected chi connectivity index (χ2v) is 4.16. The Morgan fingerprint density at radius 2 is 1.95 bits per heavy atom. The van der Waals surface area contributed by atoms with Crippen molar-refractivity contribution in [3.63, 3.8) is 0 Å². The third-order valence-electron chi connectivity index (χ3n) is 2.59. The van der Waals surface area contributed by atoms with Crippen LogP contribution in [0.5, 0.6) is 5.75 Å². The highest BCUT2D eigenvalue weighted by Gasteiger charge is 1.98. The van der Waals surface area contributed by atoms with E-state index in [2.05, 4.69) is 0 Å². The number of benzene rings is 2. The molecule has 0 atom stereocenters. The molecule has 20 heavy (non-hydrogen) atoms. The fourth-order valence-corrected chi connectivity index (χ4v) is 1.65. The molecule has 0 aliphatic heterocycles. The van der Waals surface area contributed by atoms with Gasteiger partial charge in [-0.2, -0.15) is 0 Å². The Bertz CT molecular complexity index is 618. The highest BCUT2D eigenvalue weighted by molar-refractivity contribution is 5.85. The van der Waals surface area contributed by atoms with Crippen molar-refractivity contribution in [2.75, 3.05) is 0 Å². The Morgan fingerprint density at radius 1 is 1.20 bits per heavy atom. The maximum Gasteiger partial charge on any atom is 0.328 e. The average molecular weight is 272 g/mol. The molecule has 0 aliphatic rings. The number of aliphatic carboxylic acids is 1. The van der Waals surface area contributed by atoms with Crippen molar-refractivity contribution in [2.24, 2.45) is 0 Å². The highest BCUT2D eigenvalue weighted by atomic mass is 19.1. The summed E-state index contributed by atoms with van der Waals surface area (Å²) >= 11 is 0. The third-order valence-corrected chi connectivity index (χ3v) is 2.59. The van der Waals surface area contributed by atoms with Crippen LogP contribution in [0.15, 0.2) is 54.6 Å². The maximum absolute atomic E-state index is 12.7. The van der Waals surface area contributed by atoms with Crippen LogP contribution in [0.25, 0.3) is 6.08 Å². The Hall–Kier alpha value is -2.62. The predicted molar refractivity (Wildman–Crippen MR) is 73.8 cm³/mol. The summed E-state index contributed by atoms with van der Waals surface area (Å²) in [6.07, 6.45) is 2.60. The van der Waals surface area contributed by atoms with E-state index in [1.54, 1.807) is 18.2 Å². The van der Waals surface area contributed by atoms with Gasteiger partial charge in [0, 0.05) is 6.08 Å². The summed E-state index contributed by atoms with van der Waals surface area (Å²) < 4.78 is 18.3. The summed E-state index contributed by atoms with van der Waals surface area (Å²) in [7, 11) is 0. The molecule has 0 saturated heterocycles. The van der Waals surface area contributed by atoms with Crippen LogP contribution in [0.2, 0.25) is 0 Å². The van der Waals surface area contributed by atoms with E-state index in [9.17, 15) is 9.18 Å². The van der Waals surface area contributed by atoms with Crippen LogP contribution in [0, 0.1) is 5.82 Å². The quantitative estimate of drug-likeness (QED) is 0.847. The van der Waals surface area contributed by atoms with Gasteiger partial charge in [0.2, 0.25) is 0 Å². The van der Waals surface area contributed by atoms with Gasteiger partial charge in [0.15, 0.2) is 0 Å². The molecular weight excluding hydrogens is 259 g/mol. The fraction of sp³-hybridized carbons (Fsp3) is 0.0625. The van der Waals surface area contributed by atoms with Crippen molar-refractivity contribution in [2.45, 2.75) is 6.61 Å². The Balaban J connectivity index is 2.01. The van der Waals surface area contributed by atoms with Gasteiger partial charge in [0.1, 0.15) is 18.2 Å². The number of hydrogen-bond donors (Lipinski definition) is 1. The van der Waals surface area contributed by atoms with Crippen LogP contribution < -0.4 is 4.74 Å². The zero-order valence-electron chi connectivity index (χ0n) is 10.6. The number of carboxylic acids is 1. The first-order valence-electron chi connectivity index (χ1n) is 6.02. The van der Waals surface area contributed by atoms with Gasteiger partial charge in [-0.1, -0.05) is 18.2 Å². The molecule has 2 rings (SSSR count). The van der Waals surface area contributed by atoms with Crippen molar-refractivity contribution in [1.29, 1.82) is 0 Å². The van der Waals surface area contributed by atoms with E-state index >= 15 is 0 Å². The Morgan fingerprint density at radius 3 is 2.65 bits per heavy atom. The standard InChI is InChI=1S/C16H13FO3/c17-14-5-7-15(8-6-14)20-11-13-3-1-2-12(10-13)4-9-16(18)19/h1-10H,11H2,(H,18,19). The lowest BCUT2D eigenvalue weighted by Gasteiger charge is -2.06. The molecule has 3 nitrogen and oxygen atoms in total. The normalized spacial score (nSPS) is 10.7. The summed E-state index contributed by atoms with van der Waals surface area (Å²) in [5.74, 6) is -0.714. The molecule has 2 aromatic carbocycles. The highest BCUT2D eigenvalue weighted by Crippen LogP contribution is 2.14. The summed E-state index contributed by atoms with van der Waals surface area (Å²) in [6.45, 7) is 0.334. The molecule has 102 valence electrons. The van der Waals surface area contributed by atoms with E-state index in [-0.39, 0.29) is 5.82 Å². The topological polar surface area (TPSA) is 46.5 Å². The molecule has 0 radical (unpaired) electrons. The van der Waals surface area contributed by atoms with Crippen molar-refractivity contribution in [1.82, 2.24) is 0 Å². The Kier molecular flexibility index (Phi) is 4.50. The third kappa shape index (κ3) is 4.24. The van der Waals surface area contributed by atoms with Crippen molar-refractivity contribution >= 4 is 12.0 Å². The smallest absolute Gasteiger partial charge is 0.328 e. The molecule has 0 heterocycles. The molecule has 4 heteroatoms. The molecule has 0 amide bonds. The van der Waals surface area contributed by atoms with Crippen molar-refractivity contribution < 1.29 is 19.0 Å². The molecule has 0 spiro atoms. The summed E-state index contributed by atoms with van der Waals surface area (Å²) in [5.41, 5.74) is 1.69. The van der Waals surface area contributed by atoms with E-state index in [0.29, 0.717) is 12.4 Å². The molecule has 0 unspecified atom stereocenters. The molecule has 0 aliphatic carbocycles. The first-order chi connectivity index (χ1) is 9.63. The number of rotatable bonds is 5. The molecule has 0 fully saturated rings. The first-order valence-corrected chi connectivity index (χ1v) is 6.02. The minimum absolute atomic E-state index is 0.307. The van der Waals surface area contributed by atoms with Gasteiger partial charge < -0.3 is 9.84 Å². The van der Waals surface area contributed by atoms with E-state index in [1.807, 2.05) is 18.2 Å². The van der Waals surface area contributed by atoms with Gasteiger partial charge >= 0.3 is 5.97 Å². The predicted octanol–water partition coefficient (Wildman–Crippen LogP) is 3.50. The maximum atomic E-state index is 12.7. The minimum atomic E-state index is -0.988. The van der Waals surface area contributed by atoms with Crippen molar-refractivity contribution in [3.05, 3.63) is 71.6 Å². The number of halogens is 1. The average Bonchev–Trinajstić information content (AvgIpc) is 2.45. The van der Waals surface area contributed by atoms with Crippen LogP contribution in [0.4, 0.5) is 4.39 Å². The lowest BCUT2D eigenvalue weighted by Crippen LogP contribution is -1.95. The molecule has 1 N–H and O–H groups in total. The molecular formula is C16H13FO3. The van der Waals surface area contributed by atoms with Gasteiger partial charge in [-0.25, -0.2) is 9.18 Å². The molecule has 0 aromatic heterocycles. The zero-order chi connectivity index (χ0) is 14.4. The summed E-state index contributed by atoms with van der Waals surface area (Å²) in [4.78, 5) is 10.5. The van der Waals surface area contributed by atoms with Gasteiger partial charge in [-0.05, 0) is 47.5 Å². The van der Waals surface area contributed by atoms with Crippen LogP contribution in [0.1, 0.15) is 11.1 Å². The van der Waals surface area contributed by atoms with E-state index in [0.717, 1.165) is 17.2 Å². The van der Waals surface area contributed by atoms with Gasteiger partial charge in [-0.3, -0.25) is 0 Å². The number of carboxylic acid groups (broad SMARTS) is 1. The van der Waals surface area contributed by atoms with Gasteiger partial charge in [0.05, 0.1) is 0 Å². The van der Waals surface area contributed by atoms with E-state index < -0.39 is 5.97 Å². The van der Waals surface area contributed by atoms with Crippen LogP contribution in [-0.2, 0) is 11.4 Å². The SMILES string of the molecule is O=C(O)C=Cc1cccc(COc2ccc(F)cc2)c1. The number of carbonyl (C=O) groups is 1. The first kappa shape index (κ1) is 13.8. The van der Waals surface area contributed by atoms with Crippen LogP contribution >= 0.6 is 0 Å². The monoisotopic (exact) mass is 272 g/mol. The largest absolute Gasteiger partial charge is 0.489 e. The van der Waals surface area contributed by atoms with Crippen LogP contribution in [-0.4, -0.2) is 11.1 Å². The Labute approximate surface area is 115 Å². The lowest BCUT2D eigenvalue weighted by molar-refractivity contribution is -0.131. The second-order valence-electron chi connectivity index (χ2n) is 4.16. The van der Waals surface area contributed by atoms with Crippen LogP contribution in [0.3, 0.4) is 0 Å². The number of ether oxygens (including phenoxy) is 1.